The van der Waals surface area contributed by atoms with Gasteiger partial charge in [-0.15, -0.1) is 0 Å². The van der Waals surface area contributed by atoms with Crippen LogP contribution in [-0.2, 0) is 0 Å². The Morgan fingerprint density at radius 3 is 2.12 bits per heavy atom. The summed E-state index contributed by atoms with van der Waals surface area (Å²) in [5.41, 5.74) is 0.425. The summed E-state index contributed by atoms with van der Waals surface area (Å²) in [6.07, 6.45) is 5.07. The van der Waals surface area contributed by atoms with Crippen LogP contribution in [0.4, 0.5) is 0 Å². The molecule has 0 saturated carbocycles. The van der Waals surface area contributed by atoms with E-state index in [1.54, 1.807) is 0 Å². The van der Waals surface area contributed by atoms with Crippen molar-refractivity contribution >= 4 is 0 Å². The first-order valence-electron chi connectivity index (χ1n) is 3.00. The molecule has 0 aromatic rings. The molecule has 0 aliphatic heterocycles. The van der Waals surface area contributed by atoms with Crippen molar-refractivity contribution in [2.75, 3.05) is 0 Å². The molecule has 48 valence electrons. The van der Waals surface area contributed by atoms with Crippen LogP contribution in [0.5, 0.6) is 0 Å². The minimum absolute atomic E-state index is 0.425. The van der Waals surface area contributed by atoms with Crippen LogP contribution in [0.1, 0.15) is 27.2 Å². The zero-order valence-electron chi connectivity index (χ0n) is 6.07. The van der Waals surface area contributed by atoms with Gasteiger partial charge < -0.3 is 0 Å². The van der Waals surface area contributed by atoms with E-state index in [1.807, 2.05) is 6.08 Å². The van der Waals surface area contributed by atoms with Crippen molar-refractivity contribution in [3.8, 4) is 0 Å². The van der Waals surface area contributed by atoms with Crippen molar-refractivity contribution < 1.29 is 0 Å². The first-order chi connectivity index (χ1) is 3.56. The van der Waals surface area contributed by atoms with Crippen molar-refractivity contribution in [3.05, 3.63) is 19.1 Å². The second-order valence-corrected chi connectivity index (χ2v) is 3.24. The molecule has 0 aromatic carbocycles. The average molecular weight is 111 g/mol. The molecule has 0 atom stereocenters. The van der Waals surface area contributed by atoms with Crippen molar-refractivity contribution in [1.82, 2.24) is 0 Å². The molecule has 0 radical (unpaired) electrons. The van der Waals surface area contributed by atoms with Crippen LogP contribution >= 0.6 is 0 Å². The zero-order valence-corrected chi connectivity index (χ0v) is 6.07. The predicted octanol–water partition coefficient (Wildman–Crippen LogP) is 2.81. The smallest absolute Gasteiger partial charge is 0.0500 e. The van der Waals surface area contributed by atoms with E-state index in [-0.39, 0.29) is 0 Å². The molecule has 0 heteroatoms. The maximum Gasteiger partial charge on any atom is -0.0500 e. The van der Waals surface area contributed by atoms with Gasteiger partial charge in [0, 0.05) is 0 Å². The number of rotatable bonds is 2. The summed E-state index contributed by atoms with van der Waals surface area (Å²) in [5, 5.41) is 0. The van der Waals surface area contributed by atoms with Crippen LogP contribution in [0, 0.1) is 11.8 Å². The lowest BCUT2D eigenvalue weighted by Gasteiger charge is -2.19. The van der Waals surface area contributed by atoms with E-state index in [9.17, 15) is 0 Å². The molecule has 0 fully saturated rings. The van der Waals surface area contributed by atoms with Crippen LogP contribution in [0.3, 0.4) is 0 Å². The maximum atomic E-state index is 3.61. The fourth-order valence-corrected chi connectivity index (χ4v) is 0.437. The minimum atomic E-state index is 0.425. The fraction of sp³-hybridized carbons (Fsp3) is 0.625. The fourth-order valence-electron chi connectivity index (χ4n) is 0.437. The summed E-state index contributed by atoms with van der Waals surface area (Å²) in [4.78, 5) is 0. The molecular weight excluding hydrogens is 96.1 g/mol. The quantitative estimate of drug-likeness (QED) is 0.481. The average Bonchev–Trinajstić information content (AvgIpc) is 1.59. The van der Waals surface area contributed by atoms with Crippen molar-refractivity contribution in [2.24, 2.45) is 5.41 Å². The van der Waals surface area contributed by atoms with E-state index in [0.29, 0.717) is 5.41 Å². The summed E-state index contributed by atoms with van der Waals surface area (Å²) in [6, 6.07) is 0. The van der Waals surface area contributed by atoms with Gasteiger partial charge in [0.1, 0.15) is 0 Å². The van der Waals surface area contributed by atoms with Gasteiger partial charge in [0.25, 0.3) is 0 Å². The second-order valence-electron chi connectivity index (χ2n) is 3.24. The standard InChI is InChI=1S/C8H15/c1-5-6-7-8(2,3)4/h5-6H,1,7H2,2-4H3/q-1. The van der Waals surface area contributed by atoms with Gasteiger partial charge in [-0.2, -0.15) is 0 Å². The first-order valence-corrected chi connectivity index (χ1v) is 3.00. The Labute approximate surface area is 52.6 Å². The lowest BCUT2D eigenvalue weighted by Crippen LogP contribution is -2.03. The van der Waals surface area contributed by atoms with Crippen LogP contribution in [-0.4, -0.2) is 0 Å². The molecule has 0 N–H and O–H groups in total. The maximum absolute atomic E-state index is 3.61. The summed E-state index contributed by atoms with van der Waals surface area (Å²) in [7, 11) is 0. The van der Waals surface area contributed by atoms with Crippen molar-refractivity contribution in [2.45, 2.75) is 27.2 Å². The van der Waals surface area contributed by atoms with E-state index < -0.39 is 0 Å². The molecule has 0 aliphatic carbocycles. The number of hydrogen-bond donors (Lipinski definition) is 0. The van der Waals surface area contributed by atoms with E-state index in [4.69, 9.17) is 0 Å². The lowest BCUT2D eigenvalue weighted by atomic mass is 9.91. The number of allylic oxidation sites excluding steroid dienone is 1. The molecule has 0 bridgehead atoms. The number of hydrogen-bond acceptors (Lipinski definition) is 0. The van der Waals surface area contributed by atoms with Crippen LogP contribution < -0.4 is 0 Å². The highest BCUT2D eigenvalue weighted by Crippen LogP contribution is 2.19. The Morgan fingerprint density at radius 1 is 1.50 bits per heavy atom. The van der Waals surface area contributed by atoms with Gasteiger partial charge in [0.05, 0.1) is 0 Å². The lowest BCUT2D eigenvalue weighted by molar-refractivity contribution is 0.411. The predicted molar refractivity (Wildman–Crippen MR) is 38.6 cm³/mol. The largest absolute Gasteiger partial charge is 0.245 e. The molecule has 0 unspecified atom stereocenters. The molecule has 0 rings (SSSR count). The van der Waals surface area contributed by atoms with Crippen LogP contribution in [0.2, 0.25) is 0 Å². The monoisotopic (exact) mass is 111 g/mol. The van der Waals surface area contributed by atoms with E-state index in [1.165, 1.54) is 0 Å². The highest BCUT2D eigenvalue weighted by Gasteiger charge is 2.03. The summed E-state index contributed by atoms with van der Waals surface area (Å²) in [6.45, 7) is 10.3. The first kappa shape index (κ1) is 7.61. The molecule has 0 saturated heterocycles. The summed E-state index contributed by atoms with van der Waals surface area (Å²) >= 11 is 0. The molecule has 0 heterocycles. The SMILES string of the molecule is C=C[CH-]CC(C)(C)C. The third-order valence-corrected chi connectivity index (χ3v) is 0.897. The van der Waals surface area contributed by atoms with Crippen molar-refractivity contribution in [3.63, 3.8) is 0 Å². The molecular formula is C8H15-. The Balaban J connectivity index is 3.24. The summed E-state index contributed by atoms with van der Waals surface area (Å²) < 4.78 is 0. The van der Waals surface area contributed by atoms with Crippen molar-refractivity contribution in [1.29, 1.82) is 0 Å². The van der Waals surface area contributed by atoms with Crippen LogP contribution in [0.25, 0.3) is 0 Å². The van der Waals surface area contributed by atoms with Gasteiger partial charge in [-0.1, -0.05) is 32.6 Å². The Kier molecular flexibility index (Phi) is 2.67. The molecule has 0 nitrogen and oxygen atoms in total. The van der Waals surface area contributed by atoms with E-state index in [0.717, 1.165) is 6.42 Å². The molecule has 0 aliphatic rings. The minimum Gasteiger partial charge on any atom is -0.245 e. The molecule has 0 aromatic heterocycles. The Morgan fingerprint density at radius 2 is 2.00 bits per heavy atom. The van der Waals surface area contributed by atoms with Gasteiger partial charge >= 0.3 is 0 Å². The molecule has 0 spiro atoms. The summed E-state index contributed by atoms with van der Waals surface area (Å²) in [5.74, 6) is 0. The topological polar surface area (TPSA) is 0 Å². The third-order valence-electron chi connectivity index (χ3n) is 0.897. The van der Waals surface area contributed by atoms with E-state index >= 15 is 0 Å². The Hall–Kier alpha value is -0.390. The van der Waals surface area contributed by atoms with Gasteiger partial charge in [0.15, 0.2) is 0 Å². The molecule has 8 heavy (non-hydrogen) atoms. The molecule has 0 amide bonds. The van der Waals surface area contributed by atoms with Gasteiger partial charge in [-0.3, -0.25) is 0 Å². The highest BCUT2D eigenvalue weighted by atomic mass is 14.1. The van der Waals surface area contributed by atoms with Gasteiger partial charge in [-0.05, 0) is 0 Å². The third kappa shape index (κ3) is 5.61. The Bertz CT molecular complexity index is 64.6. The second kappa shape index (κ2) is 2.81. The zero-order chi connectivity index (χ0) is 6.62. The van der Waals surface area contributed by atoms with Crippen LogP contribution in [0.15, 0.2) is 12.7 Å². The normalized spacial score (nSPS) is 10.9. The highest BCUT2D eigenvalue weighted by molar-refractivity contribution is 4.89. The van der Waals surface area contributed by atoms with Gasteiger partial charge in [-0.25, -0.2) is 19.1 Å². The van der Waals surface area contributed by atoms with Gasteiger partial charge in [0.2, 0.25) is 0 Å². The van der Waals surface area contributed by atoms with E-state index in [2.05, 4.69) is 33.8 Å².